The van der Waals surface area contributed by atoms with Gasteiger partial charge in [0.25, 0.3) is 0 Å². The molecule has 0 aromatic carbocycles. The number of furan rings is 1. The van der Waals surface area contributed by atoms with Gasteiger partial charge in [-0.1, -0.05) is 11.2 Å². The van der Waals surface area contributed by atoms with Gasteiger partial charge in [0, 0.05) is 11.3 Å². The number of hydrogen-bond acceptors (Lipinski definition) is 3. The molecule has 1 aromatic rings. The van der Waals surface area contributed by atoms with E-state index < -0.39 is 5.97 Å². The van der Waals surface area contributed by atoms with E-state index in [0.717, 1.165) is 5.76 Å². The van der Waals surface area contributed by atoms with E-state index in [9.17, 15) is 4.79 Å². The summed E-state index contributed by atoms with van der Waals surface area (Å²) in [6.07, 6.45) is 3.94. The molecule has 6 nitrogen and oxygen atoms in total. The second-order valence-corrected chi connectivity index (χ2v) is 2.70. The molecule has 6 heteroatoms. The second kappa shape index (κ2) is 5.51. The largest absolute Gasteiger partial charge is 0.478 e. The van der Waals surface area contributed by atoms with Crippen molar-refractivity contribution in [3.8, 4) is 0 Å². The SMILES string of the molecule is [N-]=[N+]=NC(=CCCc1ccco1)C(=O)O. The van der Waals surface area contributed by atoms with Gasteiger partial charge in [0.1, 0.15) is 11.5 Å². The van der Waals surface area contributed by atoms with Crippen molar-refractivity contribution in [2.75, 3.05) is 0 Å². The molecule has 0 unspecified atom stereocenters. The summed E-state index contributed by atoms with van der Waals surface area (Å²) in [6, 6.07) is 3.55. The number of nitrogens with zero attached hydrogens (tertiary/aromatic N) is 3. The summed E-state index contributed by atoms with van der Waals surface area (Å²) in [7, 11) is 0. The maximum Gasteiger partial charge on any atom is 0.337 e. The first-order valence-corrected chi connectivity index (χ1v) is 4.25. The van der Waals surface area contributed by atoms with Crippen LogP contribution in [0.3, 0.4) is 0 Å². The highest BCUT2D eigenvalue weighted by molar-refractivity contribution is 5.85. The van der Waals surface area contributed by atoms with E-state index in [1.807, 2.05) is 0 Å². The quantitative estimate of drug-likeness (QED) is 0.347. The standard InChI is InChI=1S/C9H9N3O3/c10-12-11-8(9(13)14)5-1-3-7-4-2-6-15-7/h2,4-6H,1,3H2,(H,13,14). The number of carbonyl (C=O) groups is 1. The van der Waals surface area contributed by atoms with Crippen LogP contribution in [0, 0.1) is 0 Å². The van der Waals surface area contributed by atoms with Crippen molar-refractivity contribution in [2.24, 2.45) is 5.11 Å². The number of aliphatic carboxylic acids is 1. The van der Waals surface area contributed by atoms with Crippen LogP contribution in [-0.2, 0) is 11.2 Å². The van der Waals surface area contributed by atoms with E-state index in [1.165, 1.54) is 6.08 Å². The predicted molar refractivity (Wildman–Crippen MR) is 51.9 cm³/mol. The van der Waals surface area contributed by atoms with Gasteiger partial charge in [0.2, 0.25) is 0 Å². The average molecular weight is 207 g/mol. The lowest BCUT2D eigenvalue weighted by Crippen LogP contribution is -1.97. The normalized spacial score (nSPS) is 10.8. The van der Waals surface area contributed by atoms with Gasteiger partial charge in [-0.25, -0.2) is 4.79 Å². The lowest BCUT2D eigenvalue weighted by Gasteiger charge is -1.93. The molecule has 0 saturated carbocycles. The minimum atomic E-state index is -1.23. The molecule has 78 valence electrons. The number of carboxylic acids is 1. The van der Waals surface area contributed by atoms with Crippen LogP contribution in [-0.4, -0.2) is 11.1 Å². The van der Waals surface area contributed by atoms with Gasteiger partial charge in [-0.05, 0) is 24.1 Å². The highest BCUT2D eigenvalue weighted by Crippen LogP contribution is 2.06. The molecule has 15 heavy (non-hydrogen) atoms. The number of rotatable bonds is 5. The predicted octanol–water partition coefficient (Wildman–Crippen LogP) is 2.49. The number of aryl methyl sites for hydroxylation is 1. The number of hydrogen-bond donors (Lipinski definition) is 1. The molecule has 1 rings (SSSR count). The van der Waals surface area contributed by atoms with Crippen LogP contribution in [0.2, 0.25) is 0 Å². The van der Waals surface area contributed by atoms with Gasteiger partial charge >= 0.3 is 5.97 Å². The van der Waals surface area contributed by atoms with Gasteiger partial charge in [0.15, 0.2) is 0 Å². The summed E-state index contributed by atoms with van der Waals surface area (Å²) in [5, 5.41) is 11.7. The summed E-state index contributed by atoms with van der Waals surface area (Å²) in [5.74, 6) is -0.468. The molecule has 0 aliphatic rings. The smallest absolute Gasteiger partial charge is 0.337 e. The van der Waals surface area contributed by atoms with Crippen molar-refractivity contribution in [1.82, 2.24) is 0 Å². The Hall–Kier alpha value is -2.20. The molecule has 1 N–H and O–H groups in total. The molecule has 0 spiro atoms. The molecule has 0 bridgehead atoms. The van der Waals surface area contributed by atoms with Crippen molar-refractivity contribution < 1.29 is 14.3 Å². The van der Waals surface area contributed by atoms with Gasteiger partial charge in [-0.3, -0.25) is 0 Å². The third-order valence-electron chi connectivity index (χ3n) is 1.68. The van der Waals surface area contributed by atoms with Crippen molar-refractivity contribution in [3.05, 3.63) is 46.4 Å². The topological polar surface area (TPSA) is 99.2 Å². The first kappa shape index (κ1) is 10.9. The molecule has 1 aromatic heterocycles. The lowest BCUT2D eigenvalue weighted by atomic mass is 10.2. The Morgan fingerprint density at radius 2 is 2.53 bits per heavy atom. The molecule has 0 atom stereocenters. The van der Waals surface area contributed by atoms with Crippen molar-refractivity contribution in [1.29, 1.82) is 0 Å². The van der Waals surface area contributed by atoms with Crippen LogP contribution in [0.4, 0.5) is 0 Å². The van der Waals surface area contributed by atoms with Gasteiger partial charge in [-0.15, -0.1) is 0 Å². The number of carboxylic acid groups (broad SMARTS) is 1. The van der Waals surface area contributed by atoms with Crippen LogP contribution in [0.15, 0.2) is 39.7 Å². The Morgan fingerprint density at radius 1 is 1.73 bits per heavy atom. The Bertz CT molecular complexity index is 398. The molecule has 1 heterocycles. The summed E-state index contributed by atoms with van der Waals surface area (Å²) < 4.78 is 5.06. The molecule has 0 amide bonds. The van der Waals surface area contributed by atoms with E-state index in [1.54, 1.807) is 18.4 Å². The van der Waals surface area contributed by atoms with Crippen LogP contribution >= 0.6 is 0 Å². The average Bonchev–Trinajstić information content (AvgIpc) is 2.69. The van der Waals surface area contributed by atoms with E-state index in [0.29, 0.717) is 12.8 Å². The van der Waals surface area contributed by atoms with Crippen molar-refractivity contribution in [3.63, 3.8) is 0 Å². The van der Waals surface area contributed by atoms with Crippen molar-refractivity contribution in [2.45, 2.75) is 12.8 Å². The fourth-order valence-electron chi connectivity index (χ4n) is 1.03. The Balaban J connectivity index is 2.54. The fraction of sp³-hybridized carbons (Fsp3) is 0.222. The highest BCUT2D eigenvalue weighted by atomic mass is 16.4. The Kier molecular flexibility index (Phi) is 4.00. The van der Waals surface area contributed by atoms with Crippen molar-refractivity contribution >= 4 is 5.97 Å². The molecule has 0 saturated heterocycles. The van der Waals surface area contributed by atoms with Gasteiger partial charge < -0.3 is 9.52 Å². The van der Waals surface area contributed by atoms with E-state index in [4.69, 9.17) is 15.1 Å². The molecular formula is C9H9N3O3. The molecule has 0 aliphatic carbocycles. The molecule has 0 aliphatic heterocycles. The van der Waals surface area contributed by atoms with Crippen LogP contribution in [0.5, 0.6) is 0 Å². The second-order valence-electron chi connectivity index (χ2n) is 2.70. The zero-order valence-corrected chi connectivity index (χ0v) is 7.83. The first-order valence-electron chi connectivity index (χ1n) is 4.25. The summed E-state index contributed by atoms with van der Waals surface area (Å²) >= 11 is 0. The van der Waals surface area contributed by atoms with E-state index in [2.05, 4.69) is 10.0 Å². The first-order chi connectivity index (χ1) is 7.24. The maximum atomic E-state index is 10.5. The minimum Gasteiger partial charge on any atom is -0.478 e. The summed E-state index contributed by atoms with van der Waals surface area (Å²) in [4.78, 5) is 13.0. The van der Waals surface area contributed by atoms with Crippen LogP contribution in [0.25, 0.3) is 10.4 Å². The molecular weight excluding hydrogens is 198 g/mol. The number of azide groups is 1. The minimum absolute atomic E-state index is 0.288. The zero-order valence-electron chi connectivity index (χ0n) is 7.83. The Morgan fingerprint density at radius 3 is 3.07 bits per heavy atom. The van der Waals surface area contributed by atoms with Crippen LogP contribution < -0.4 is 0 Å². The fourth-order valence-corrected chi connectivity index (χ4v) is 1.03. The third-order valence-corrected chi connectivity index (χ3v) is 1.68. The van der Waals surface area contributed by atoms with Crippen LogP contribution in [0.1, 0.15) is 12.2 Å². The lowest BCUT2D eigenvalue weighted by molar-refractivity contribution is -0.132. The van der Waals surface area contributed by atoms with E-state index >= 15 is 0 Å². The van der Waals surface area contributed by atoms with Gasteiger partial charge in [0.05, 0.1) is 6.26 Å². The monoisotopic (exact) mass is 207 g/mol. The van der Waals surface area contributed by atoms with Gasteiger partial charge in [-0.2, -0.15) is 0 Å². The molecule has 0 fully saturated rings. The third kappa shape index (κ3) is 3.58. The maximum absolute atomic E-state index is 10.5. The molecule has 0 radical (unpaired) electrons. The number of allylic oxidation sites excluding steroid dienone is 1. The summed E-state index contributed by atoms with van der Waals surface area (Å²) in [5.41, 5.74) is 7.82. The van der Waals surface area contributed by atoms with E-state index in [-0.39, 0.29) is 5.70 Å². The highest BCUT2D eigenvalue weighted by Gasteiger charge is 2.03. The summed E-state index contributed by atoms with van der Waals surface area (Å²) in [6.45, 7) is 0. The Labute approximate surface area is 85.5 Å². The zero-order chi connectivity index (χ0) is 11.1.